The van der Waals surface area contributed by atoms with Gasteiger partial charge in [-0.05, 0) is 57.1 Å². The molecular weight excluding hydrogens is 234 g/mol. The fourth-order valence-electron chi connectivity index (χ4n) is 3.85. The van der Waals surface area contributed by atoms with E-state index in [4.69, 9.17) is 4.42 Å². The molecule has 2 nitrogen and oxygen atoms in total. The Morgan fingerprint density at radius 2 is 2.32 bits per heavy atom. The Morgan fingerprint density at radius 3 is 3.16 bits per heavy atom. The van der Waals surface area contributed by atoms with E-state index in [0.29, 0.717) is 6.04 Å². The Kier molecular flexibility index (Phi) is 3.79. The molecule has 0 spiro atoms. The fraction of sp³-hybridized carbons (Fsp3) is 0.647. The van der Waals surface area contributed by atoms with Gasteiger partial charge >= 0.3 is 0 Å². The summed E-state index contributed by atoms with van der Waals surface area (Å²) in [6, 6.07) is 2.67. The lowest BCUT2D eigenvalue weighted by Crippen LogP contribution is -2.31. The second-order valence-electron chi connectivity index (χ2n) is 6.45. The summed E-state index contributed by atoms with van der Waals surface area (Å²) in [7, 11) is 0. The largest absolute Gasteiger partial charge is 0.469 e. The highest BCUT2D eigenvalue weighted by Gasteiger charge is 2.24. The molecule has 0 aromatic carbocycles. The van der Waals surface area contributed by atoms with Gasteiger partial charge < -0.3 is 9.73 Å². The van der Waals surface area contributed by atoms with Crippen molar-refractivity contribution in [1.82, 2.24) is 5.32 Å². The highest BCUT2D eigenvalue weighted by atomic mass is 16.3. The molecule has 1 aromatic rings. The van der Waals surface area contributed by atoms with Gasteiger partial charge in [0.25, 0.3) is 0 Å². The van der Waals surface area contributed by atoms with Crippen LogP contribution < -0.4 is 5.32 Å². The van der Waals surface area contributed by atoms with Crippen LogP contribution in [0.3, 0.4) is 0 Å². The number of furan rings is 1. The van der Waals surface area contributed by atoms with Crippen LogP contribution in [0.25, 0.3) is 0 Å². The van der Waals surface area contributed by atoms with Gasteiger partial charge in [0.05, 0.1) is 6.26 Å². The lowest BCUT2D eigenvalue weighted by atomic mass is 9.83. The molecule has 0 fully saturated rings. The number of hydrogen-bond acceptors (Lipinski definition) is 2. The first kappa shape index (κ1) is 13.0. The Bertz CT molecular complexity index is 460. The monoisotopic (exact) mass is 259 g/mol. The molecule has 3 atom stereocenters. The summed E-state index contributed by atoms with van der Waals surface area (Å²) < 4.78 is 5.56. The minimum absolute atomic E-state index is 0.518. The molecule has 0 bridgehead atoms. The summed E-state index contributed by atoms with van der Waals surface area (Å²) in [5.74, 6) is 2.76. The molecule has 3 rings (SSSR count). The van der Waals surface area contributed by atoms with Crippen LogP contribution in [0.5, 0.6) is 0 Å². The zero-order valence-electron chi connectivity index (χ0n) is 12.1. The van der Waals surface area contributed by atoms with Crippen LogP contribution in [-0.4, -0.2) is 6.54 Å². The van der Waals surface area contributed by atoms with Crippen LogP contribution in [0.4, 0.5) is 0 Å². The molecule has 0 radical (unpaired) electrons. The minimum atomic E-state index is 0.518. The van der Waals surface area contributed by atoms with Crippen LogP contribution in [-0.2, 0) is 6.42 Å². The first-order valence-electron chi connectivity index (χ1n) is 7.69. The third-order valence-electron chi connectivity index (χ3n) is 4.59. The second kappa shape index (κ2) is 5.54. The first-order chi connectivity index (χ1) is 9.22. The molecule has 2 aliphatic carbocycles. The van der Waals surface area contributed by atoms with E-state index in [0.717, 1.165) is 24.8 Å². The summed E-state index contributed by atoms with van der Waals surface area (Å²) >= 11 is 0. The van der Waals surface area contributed by atoms with Crippen LogP contribution in [0, 0.1) is 11.8 Å². The number of allylic oxidation sites excluding steroid dienone is 2. The van der Waals surface area contributed by atoms with Crippen molar-refractivity contribution in [2.75, 3.05) is 6.54 Å². The van der Waals surface area contributed by atoms with E-state index in [1.54, 1.807) is 5.57 Å². The quantitative estimate of drug-likeness (QED) is 0.821. The van der Waals surface area contributed by atoms with Crippen molar-refractivity contribution < 1.29 is 4.42 Å². The Balaban J connectivity index is 1.58. The Labute approximate surface area is 116 Å². The number of nitrogens with one attached hydrogen (secondary N) is 1. The number of aryl methyl sites for hydroxylation is 1. The van der Waals surface area contributed by atoms with Crippen molar-refractivity contribution >= 4 is 0 Å². The summed E-state index contributed by atoms with van der Waals surface area (Å²) in [5.41, 5.74) is 2.97. The number of rotatable bonds is 3. The topological polar surface area (TPSA) is 25.2 Å². The third kappa shape index (κ3) is 2.94. The smallest absolute Gasteiger partial charge is 0.108 e. The summed E-state index contributed by atoms with van der Waals surface area (Å²) in [4.78, 5) is 0. The van der Waals surface area contributed by atoms with Gasteiger partial charge in [-0.25, -0.2) is 0 Å². The van der Waals surface area contributed by atoms with Crippen molar-refractivity contribution in [3.05, 3.63) is 35.3 Å². The first-order valence-corrected chi connectivity index (χ1v) is 7.69. The fourth-order valence-corrected chi connectivity index (χ4v) is 3.85. The molecule has 1 aromatic heterocycles. The lowest BCUT2D eigenvalue weighted by Gasteiger charge is -2.29. The van der Waals surface area contributed by atoms with E-state index in [1.807, 2.05) is 6.26 Å². The van der Waals surface area contributed by atoms with Crippen LogP contribution in [0.1, 0.15) is 56.9 Å². The van der Waals surface area contributed by atoms with Crippen LogP contribution >= 0.6 is 0 Å². The normalized spacial score (nSPS) is 30.8. The standard InChI is InChI=1S/C17H25NO/c1-12-8-13(2)10-14(9-12)11-18-16-4-3-5-17-15(16)6-7-19-17/h6-8,12,14,16,18H,3-5,9-11H2,1-2H3. The van der Waals surface area contributed by atoms with Gasteiger partial charge in [0.15, 0.2) is 0 Å². The van der Waals surface area contributed by atoms with E-state index in [-0.39, 0.29) is 0 Å². The van der Waals surface area contributed by atoms with E-state index >= 15 is 0 Å². The maximum absolute atomic E-state index is 5.56. The van der Waals surface area contributed by atoms with Crippen LogP contribution in [0.15, 0.2) is 28.4 Å². The predicted molar refractivity (Wildman–Crippen MR) is 78.0 cm³/mol. The van der Waals surface area contributed by atoms with E-state index in [2.05, 4.69) is 31.3 Å². The summed E-state index contributed by atoms with van der Waals surface area (Å²) in [6.07, 6.45) is 10.5. The molecule has 2 aliphatic rings. The highest BCUT2D eigenvalue weighted by molar-refractivity contribution is 5.24. The van der Waals surface area contributed by atoms with Gasteiger partial charge in [0.1, 0.15) is 5.76 Å². The molecule has 0 amide bonds. The van der Waals surface area contributed by atoms with Gasteiger partial charge in [-0.3, -0.25) is 0 Å². The van der Waals surface area contributed by atoms with Gasteiger partial charge in [-0.15, -0.1) is 0 Å². The number of hydrogen-bond donors (Lipinski definition) is 1. The van der Waals surface area contributed by atoms with Crippen molar-refractivity contribution in [2.24, 2.45) is 11.8 Å². The van der Waals surface area contributed by atoms with E-state index in [1.165, 1.54) is 37.0 Å². The summed E-state index contributed by atoms with van der Waals surface area (Å²) in [6.45, 7) is 5.76. The SMILES string of the molecule is CC1=CC(C)CC(CNC2CCCc3occc32)C1. The molecule has 1 heterocycles. The molecule has 0 aliphatic heterocycles. The molecular formula is C17H25NO. The maximum atomic E-state index is 5.56. The zero-order valence-corrected chi connectivity index (χ0v) is 12.1. The molecule has 0 saturated heterocycles. The average Bonchev–Trinajstić information content (AvgIpc) is 2.83. The Hall–Kier alpha value is -1.02. The second-order valence-corrected chi connectivity index (χ2v) is 6.45. The third-order valence-corrected chi connectivity index (χ3v) is 4.59. The average molecular weight is 259 g/mol. The van der Waals surface area contributed by atoms with Crippen molar-refractivity contribution in [3.8, 4) is 0 Å². The van der Waals surface area contributed by atoms with Crippen LogP contribution in [0.2, 0.25) is 0 Å². The van der Waals surface area contributed by atoms with Gasteiger partial charge in [0.2, 0.25) is 0 Å². The predicted octanol–water partition coefficient (Wildman–Crippen LogP) is 4.24. The molecule has 19 heavy (non-hydrogen) atoms. The Morgan fingerprint density at radius 1 is 1.42 bits per heavy atom. The van der Waals surface area contributed by atoms with Crippen molar-refractivity contribution in [3.63, 3.8) is 0 Å². The van der Waals surface area contributed by atoms with E-state index in [9.17, 15) is 0 Å². The molecule has 0 saturated carbocycles. The molecule has 3 unspecified atom stereocenters. The zero-order chi connectivity index (χ0) is 13.2. The summed E-state index contributed by atoms with van der Waals surface area (Å²) in [5, 5.41) is 3.79. The molecule has 2 heteroatoms. The van der Waals surface area contributed by atoms with E-state index < -0.39 is 0 Å². The lowest BCUT2D eigenvalue weighted by molar-refractivity contribution is 0.340. The number of fused-ring (bicyclic) bond motifs is 1. The highest BCUT2D eigenvalue weighted by Crippen LogP contribution is 2.32. The minimum Gasteiger partial charge on any atom is -0.469 e. The van der Waals surface area contributed by atoms with Crippen molar-refractivity contribution in [1.29, 1.82) is 0 Å². The molecule has 104 valence electrons. The maximum Gasteiger partial charge on any atom is 0.108 e. The van der Waals surface area contributed by atoms with Gasteiger partial charge in [-0.1, -0.05) is 18.6 Å². The van der Waals surface area contributed by atoms with Crippen molar-refractivity contribution in [2.45, 2.75) is 52.0 Å². The van der Waals surface area contributed by atoms with Gasteiger partial charge in [-0.2, -0.15) is 0 Å². The molecule has 1 N–H and O–H groups in total. The van der Waals surface area contributed by atoms with Gasteiger partial charge in [0, 0.05) is 18.0 Å².